The van der Waals surface area contributed by atoms with Crippen molar-refractivity contribution in [3.05, 3.63) is 35.9 Å². The Bertz CT molecular complexity index is 651. The molecule has 2 N–H and O–H groups in total. The van der Waals surface area contributed by atoms with E-state index in [1.165, 1.54) is 0 Å². The van der Waals surface area contributed by atoms with Crippen molar-refractivity contribution in [3.8, 4) is 0 Å². The van der Waals surface area contributed by atoms with Gasteiger partial charge in [0.05, 0.1) is 6.61 Å². The van der Waals surface area contributed by atoms with Gasteiger partial charge in [0.25, 0.3) is 5.91 Å². The lowest BCUT2D eigenvalue weighted by Crippen LogP contribution is -2.61. The molecule has 1 aliphatic heterocycles. The fraction of sp³-hybridized carbons (Fsp3) is 0.600. The molecule has 0 bridgehead atoms. The summed E-state index contributed by atoms with van der Waals surface area (Å²) in [5, 5.41) is 12.5. The minimum absolute atomic E-state index is 0.352. The first-order valence-electron chi connectivity index (χ1n) is 9.22. The molecule has 6 nitrogen and oxygen atoms in total. The van der Waals surface area contributed by atoms with Crippen LogP contribution in [0.15, 0.2) is 30.3 Å². The number of ether oxygens (including phenoxy) is 2. The quantitative estimate of drug-likeness (QED) is 0.861. The molecular formula is C20H27NO5. The summed E-state index contributed by atoms with van der Waals surface area (Å²) in [7, 11) is 0. The molecule has 0 radical (unpaired) electrons. The van der Waals surface area contributed by atoms with Gasteiger partial charge in [-0.15, -0.1) is 0 Å². The predicted octanol–water partition coefficient (Wildman–Crippen LogP) is 3.03. The Morgan fingerprint density at radius 2 is 1.77 bits per heavy atom. The van der Waals surface area contributed by atoms with Gasteiger partial charge in [0.1, 0.15) is 11.6 Å². The van der Waals surface area contributed by atoms with Crippen LogP contribution in [0, 0.1) is 5.41 Å². The van der Waals surface area contributed by atoms with Gasteiger partial charge in [-0.2, -0.15) is 0 Å². The molecule has 2 fully saturated rings. The second-order valence-electron chi connectivity index (χ2n) is 8.00. The highest BCUT2D eigenvalue weighted by molar-refractivity contribution is 5.89. The van der Waals surface area contributed by atoms with Crippen LogP contribution in [-0.2, 0) is 19.1 Å². The molecule has 1 amide bonds. The van der Waals surface area contributed by atoms with Gasteiger partial charge >= 0.3 is 5.97 Å². The molecule has 142 valence electrons. The van der Waals surface area contributed by atoms with Crippen LogP contribution >= 0.6 is 0 Å². The summed E-state index contributed by atoms with van der Waals surface area (Å²) in [6.07, 6.45) is 2.11. The fourth-order valence-corrected chi connectivity index (χ4v) is 3.76. The van der Waals surface area contributed by atoms with Crippen LogP contribution < -0.4 is 5.32 Å². The number of carboxylic acids is 1. The smallest absolute Gasteiger partial charge is 0.329 e. The van der Waals surface area contributed by atoms with E-state index >= 15 is 0 Å². The topological polar surface area (TPSA) is 84.9 Å². The van der Waals surface area contributed by atoms with Crippen molar-refractivity contribution in [2.75, 3.05) is 6.61 Å². The lowest BCUT2D eigenvalue weighted by molar-refractivity contribution is -0.259. The van der Waals surface area contributed by atoms with Gasteiger partial charge < -0.3 is 19.9 Å². The van der Waals surface area contributed by atoms with Crippen LogP contribution in [0.5, 0.6) is 0 Å². The standard InChI is InChI=1S/C20H27NO5/c1-19(2)13-25-17(14-9-5-3-6-10-14)26-15(19)16(22)21-20(18(23)24)11-7-4-8-12-20/h3,5-6,9-10,15,17H,4,7-8,11-13H2,1-2H3,(H,21,22)(H,23,24). The Morgan fingerprint density at radius 1 is 1.12 bits per heavy atom. The maximum Gasteiger partial charge on any atom is 0.329 e. The van der Waals surface area contributed by atoms with Crippen molar-refractivity contribution >= 4 is 11.9 Å². The number of carbonyl (C=O) groups is 2. The summed E-state index contributed by atoms with van der Waals surface area (Å²) in [6.45, 7) is 4.14. The maximum atomic E-state index is 13.0. The van der Waals surface area contributed by atoms with Gasteiger partial charge in [-0.3, -0.25) is 4.79 Å². The minimum Gasteiger partial charge on any atom is -0.480 e. The van der Waals surface area contributed by atoms with E-state index in [-0.39, 0.29) is 5.91 Å². The highest BCUT2D eigenvalue weighted by atomic mass is 16.7. The SMILES string of the molecule is CC1(C)COC(c2ccccc2)OC1C(=O)NC1(C(=O)O)CCCCC1. The van der Waals surface area contributed by atoms with E-state index in [9.17, 15) is 14.7 Å². The highest BCUT2D eigenvalue weighted by Crippen LogP contribution is 2.37. The summed E-state index contributed by atoms with van der Waals surface area (Å²) in [6, 6.07) is 9.45. The average molecular weight is 361 g/mol. The number of carbonyl (C=O) groups excluding carboxylic acids is 1. The molecule has 1 aromatic carbocycles. The molecule has 2 atom stereocenters. The average Bonchev–Trinajstić information content (AvgIpc) is 2.62. The number of amides is 1. The summed E-state index contributed by atoms with van der Waals surface area (Å²) in [4.78, 5) is 24.9. The molecule has 2 aliphatic rings. The molecule has 1 heterocycles. The monoisotopic (exact) mass is 361 g/mol. The highest BCUT2D eigenvalue weighted by Gasteiger charge is 2.48. The Kier molecular flexibility index (Phi) is 5.34. The second kappa shape index (κ2) is 7.37. The Morgan fingerprint density at radius 3 is 2.38 bits per heavy atom. The number of benzene rings is 1. The number of rotatable bonds is 4. The van der Waals surface area contributed by atoms with Crippen molar-refractivity contribution in [1.29, 1.82) is 0 Å². The molecule has 6 heteroatoms. The zero-order valence-corrected chi connectivity index (χ0v) is 15.4. The third-order valence-electron chi connectivity index (χ3n) is 5.37. The van der Waals surface area contributed by atoms with Gasteiger partial charge in [0, 0.05) is 11.0 Å². The summed E-state index contributed by atoms with van der Waals surface area (Å²) in [5.74, 6) is -1.33. The first kappa shape index (κ1) is 18.9. The van der Waals surface area contributed by atoms with E-state index in [0.29, 0.717) is 19.4 Å². The lowest BCUT2D eigenvalue weighted by Gasteiger charge is -2.43. The van der Waals surface area contributed by atoms with E-state index in [1.807, 2.05) is 44.2 Å². The summed E-state index contributed by atoms with van der Waals surface area (Å²) >= 11 is 0. The zero-order valence-electron chi connectivity index (χ0n) is 15.4. The predicted molar refractivity (Wildman–Crippen MR) is 95.4 cm³/mol. The van der Waals surface area contributed by atoms with Crippen LogP contribution in [-0.4, -0.2) is 35.2 Å². The first-order valence-corrected chi connectivity index (χ1v) is 9.22. The van der Waals surface area contributed by atoms with Crippen LogP contribution in [0.4, 0.5) is 0 Å². The van der Waals surface area contributed by atoms with Crippen LogP contribution in [0.3, 0.4) is 0 Å². The zero-order chi connectivity index (χ0) is 18.8. The van der Waals surface area contributed by atoms with Crippen molar-refractivity contribution < 1.29 is 24.2 Å². The van der Waals surface area contributed by atoms with E-state index in [2.05, 4.69) is 5.32 Å². The Balaban J connectivity index is 1.78. The van der Waals surface area contributed by atoms with E-state index in [1.54, 1.807) is 0 Å². The third-order valence-corrected chi connectivity index (χ3v) is 5.37. The van der Waals surface area contributed by atoms with E-state index in [4.69, 9.17) is 9.47 Å². The van der Waals surface area contributed by atoms with Gasteiger partial charge in [0.2, 0.25) is 0 Å². The molecule has 0 spiro atoms. The largest absolute Gasteiger partial charge is 0.480 e. The lowest BCUT2D eigenvalue weighted by atomic mass is 9.80. The molecule has 1 aromatic rings. The molecular weight excluding hydrogens is 334 g/mol. The maximum absolute atomic E-state index is 13.0. The molecule has 1 saturated carbocycles. The fourth-order valence-electron chi connectivity index (χ4n) is 3.76. The van der Waals surface area contributed by atoms with Crippen LogP contribution in [0.25, 0.3) is 0 Å². The molecule has 1 saturated heterocycles. The van der Waals surface area contributed by atoms with Crippen LogP contribution in [0.1, 0.15) is 57.8 Å². The van der Waals surface area contributed by atoms with Gasteiger partial charge in [-0.25, -0.2) is 4.79 Å². The summed E-state index contributed by atoms with van der Waals surface area (Å²) < 4.78 is 11.8. The van der Waals surface area contributed by atoms with Crippen molar-refractivity contribution in [2.24, 2.45) is 5.41 Å². The number of hydrogen-bond acceptors (Lipinski definition) is 4. The molecule has 2 unspecified atom stereocenters. The summed E-state index contributed by atoms with van der Waals surface area (Å²) in [5.41, 5.74) is -0.898. The van der Waals surface area contributed by atoms with Crippen molar-refractivity contribution in [2.45, 2.75) is 63.9 Å². The number of carboxylic acid groups (broad SMARTS) is 1. The van der Waals surface area contributed by atoms with Crippen LogP contribution in [0.2, 0.25) is 0 Å². The van der Waals surface area contributed by atoms with E-state index < -0.39 is 29.3 Å². The molecule has 26 heavy (non-hydrogen) atoms. The molecule has 3 rings (SSSR count). The Labute approximate surface area is 153 Å². The minimum atomic E-state index is -1.19. The van der Waals surface area contributed by atoms with Gasteiger partial charge in [0.15, 0.2) is 6.29 Å². The molecule has 1 aliphatic carbocycles. The number of hydrogen-bond donors (Lipinski definition) is 2. The van der Waals surface area contributed by atoms with Crippen molar-refractivity contribution in [1.82, 2.24) is 5.32 Å². The Hall–Kier alpha value is -1.92. The van der Waals surface area contributed by atoms with Gasteiger partial charge in [-0.1, -0.05) is 63.4 Å². The second-order valence-corrected chi connectivity index (χ2v) is 8.00. The molecule has 0 aromatic heterocycles. The van der Waals surface area contributed by atoms with Crippen molar-refractivity contribution in [3.63, 3.8) is 0 Å². The third kappa shape index (κ3) is 3.76. The normalized spacial score (nSPS) is 27.5. The first-order chi connectivity index (χ1) is 12.3. The number of aliphatic carboxylic acids is 1. The van der Waals surface area contributed by atoms with Gasteiger partial charge in [-0.05, 0) is 12.8 Å². The number of nitrogens with one attached hydrogen (secondary N) is 1. The van der Waals surface area contributed by atoms with E-state index in [0.717, 1.165) is 24.8 Å².